The van der Waals surface area contributed by atoms with Crippen LogP contribution in [0.25, 0.3) is 0 Å². The van der Waals surface area contributed by atoms with E-state index < -0.39 is 0 Å². The molecule has 1 aromatic carbocycles. The van der Waals surface area contributed by atoms with Crippen molar-refractivity contribution < 1.29 is 9.90 Å². The molecule has 0 bridgehead atoms. The van der Waals surface area contributed by atoms with E-state index in [0.717, 1.165) is 18.4 Å². The molecule has 0 saturated carbocycles. The van der Waals surface area contributed by atoms with E-state index >= 15 is 0 Å². The zero-order valence-electron chi connectivity index (χ0n) is 17.4. The number of hydrogen-bond donors (Lipinski definition) is 1. The summed E-state index contributed by atoms with van der Waals surface area (Å²) in [5, 5.41) is 9.43. The number of carbonyl (C=O) groups excluding carboxylic acids is 1. The SMILES string of the molecule is CCCCCCCCC/C=C\CCCCCCC(=O)Cc1cccc(O)c1. The molecule has 0 fully saturated rings. The first-order chi connectivity index (χ1) is 13.2. The predicted octanol–water partition coefficient (Wildman–Crippen LogP) is 7.54. The number of carbonyl (C=O) groups is 1. The lowest BCUT2D eigenvalue weighted by Crippen LogP contribution is -2.02. The van der Waals surface area contributed by atoms with Gasteiger partial charge in [0.2, 0.25) is 0 Å². The fourth-order valence-electron chi connectivity index (χ4n) is 3.38. The summed E-state index contributed by atoms with van der Waals surface area (Å²) in [5.74, 6) is 0.510. The van der Waals surface area contributed by atoms with Gasteiger partial charge in [0.25, 0.3) is 0 Å². The minimum Gasteiger partial charge on any atom is -0.508 e. The molecule has 1 aromatic rings. The van der Waals surface area contributed by atoms with Gasteiger partial charge < -0.3 is 5.11 Å². The molecule has 0 heterocycles. The molecule has 0 amide bonds. The summed E-state index contributed by atoms with van der Waals surface area (Å²) in [6.45, 7) is 2.27. The standard InChI is InChI=1S/C25H40O2/c1-2-3-4-5-6-7-8-9-10-11-12-13-14-15-16-19-24(26)21-23-18-17-20-25(27)22-23/h10-11,17-18,20,22,27H,2-9,12-16,19,21H2,1H3/b11-10-. The van der Waals surface area contributed by atoms with E-state index in [1.165, 1.54) is 70.6 Å². The monoisotopic (exact) mass is 372 g/mol. The van der Waals surface area contributed by atoms with Crippen LogP contribution in [-0.2, 0) is 11.2 Å². The van der Waals surface area contributed by atoms with Crippen molar-refractivity contribution in [2.45, 2.75) is 103 Å². The van der Waals surface area contributed by atoms with Crippen molar-refractivity contribution in [2.24, 2.45) is 0 Å². The van der Waals surface area contributed by atoms with E-state index in [1.807, 2.05) is 6.07 Å². The van der Waals surface area contributed by atoms with Crippen molar-refractivity contribution in [3.63, 3.8) is 0 Å². The number of unbranched alkanes of at least 4 members (excludes halogenated alkanes) is 11. The fourth-order valence-corrected chi connectivity index (χ4v) is 3.38. The van der Waals surface area contributed by atoms with E-state index in [4.69, 9.17) is 0 Å². The van der Waals surface area contributed by atoms with Gasteiger partial charge in [0.1, 0.15) is 11.5 Å². The van der Waals surface area contributed by atoms with Crippen LogP contribution >= 0.6 is 0 Å². The number of rotatable bonds is 17. The number of benzene rings is 1. The average molecular weight is 373 g/mol. The first-order valence-electron chi connectivity index (χ1n) is 11.2. The summed E-state index contributed by atoms with van der Waals surface area (Å²) in [6.07, 6.45) is 22.4. The van der Waals surface area contributed by atoms with Gasteiger partial charge in [0.15, 0.2) is 0 Å². The Balaban J connectivity index is 1.87. The van der Waals surface area contributed by atoms with E-state index in [0.29, 0.717) is 12.8 Å². The third-order valence-electron chi connectivity index (χ3n) is 5.03. The molecule has 0 aliphatic rings. The fraction of sp³-hybridized carbons (Fsp3) is 0.640. The van der Waals surface area contributed by atoms with Crippen LogP contribution in [0.3, 0.4) is 0 Å². The Kier molecular flexibility index (Phi) is 14.4. The zero-order chi connectivity index (χ0) is 19.6. The molecule has 27 heavy (non-hydrogen) atoms. The second-order valence-electron chi connectivity index (χ2n) is 7.72. The number of aromatic hydroxyl groups is 1. The largest absolute Gasteiger partial charge is 0.508 e. The maximum Gasteiger partial charge on any atom is 0.137 e. The molecule has 0 spiro atoms. The molecule has 1 rings (SSSR count). The van der Waals surface area contributed by atoms with Crippen LogP contribution < -0.4 is 0 Å². The normalized spacial score (nSPS) is 11.3. The maximum atomic E-state index is 12.0. The van der Waals surface area contributed by atoms with Crippen LogP contribution in [0.1, 0.15) is 102 Å². The topological polar surface area (TPSA) is 37.3 Å². The molecule has 152 valence electrons. The van der Waals surface area contributed by atoms with Gasteiger partial charge in [-0.2, -0.15) is 0 Å². The third kappa shape index (κ3) is 14.2. The van der Waals surface area contributed by atoms with Crippen LogP contribution in [-0.4, -0.2) is 10.9 Å². The Morgan fingerprint density at radius 3 is 2.07 bits per heavy atom. The Labute approximate surface area is 167 Å². The van der Waals surface area contributed by atoms with E-state index in [1.54, 1.807) is 18.2 Å². The van der Waals surface area contributed by atoms with Crippen molar-refractivity contribution >= 4 is 5.78 Å². The molecule has 0 atom stereocenters. The molecule has 0 aliphatic carbocycles. The van der Waals surface area contributed by atoms with E-state index in [9.17, 15) is 9.90 Å². The van der Waals surface area contributed by atoms with Gasteiger partial charge in [0.05, 0.1) is 0 Å². The third-order valence-corrected chi connectivity index (χ3v) is 5.03. The first kappa shape index (κ1) is 23.5. The van der Waals surface area contributed by atoms with Crippen molar-refractivity contribution in [1.29, 1.82) is 0 Å². The lowest BCUT2D eigenvalue weighted by Gasteiger charge is -2.02. The zero-order valence-corrected chi connectivity index (χ0v) is 17.4. The lowest BCUT2D eigenvalue weighted by molar-refractivity contribution is -0.118. The van der Waals surface area contributed by atoms with Gasteiger partial charge >= 0.3 is 0 Å². The van der Waals surface area contributed by atoms with Gasteiger partial charge in [0, 0.05) is 12.8 Å². The van der Waals surface area contributed by atoms with E-state index in [-0.39, 0.29) is 11.5 Å². The highest BCUT2D eigenvalue weighted by Gasteiger charge is 2.04. The summed E-state index contributed by atoms with van der Waals surface area (Å²) < 4.78 is 0. The van der Waals surface area contributed by atoms with Crippen molar-refractivity contribution in [3.8, 4) is 5.75 Å². The summed E-state index contributed by atoms with van der Waals surface area (Å²) in [5.41, 5.74) is 0.908. The molecule has 0 saturated heterocycles. The summed E-state index contributed by atoms with van der Waals surface area (Å²) in [6, 6.07) is 7.00. The number of phenolic OH excluding ortho intramolecular Hbond substituents is 1. The Hall–Kier alpha value is -1.57. The second kappa shape index (κ2) is 16.6. The molecule has 1 N–H and O–H groups in total. The molecular weight excluding hydrogens is 332 g/mol. The average Bonchev–Trinajstić information content (AvgIpc) is 2.65. The van der Waals surface area contributed by atoms with Crippen LogP contribution in [0, 0.1) is 0 Å². The quantitative estimate of drug-likeness (QED) is 0.226. The lowest BCUT2D eigenvalue weighted by atomic mass is 10.0. The Morgan fingerprint density at radius 1 is 0.852 bits per heavy atom. The summed E-state index contributed by atoms with van der Waals surface area (Å²) in [4.78, 5) is 12.0. The van der Waals surface area contributed by atoms with Crippen molar-refractivity contribution in [1.82, 2.24) is 0 Å². The smallest absolute Gasteiger partial charge is 0.137 e. The second-order valence-corrected chi connectivity index (χ2v) is 7.72. The highest BCUT2D eigenvalue weighted by atomic mass is 16.3. The molecule has 2 heteroatoms. The molecule has 0 aliphatic heterocycles. The molecule has 0 aromatic heterocycles. The Bertz CT molecular complexity index is 519. The number of ketones is 1. The highest BCUT2D eigenvalue weighted by molar-refractivity contribution is 5.80. The molecule has 0 unspecified atom stereocenters. The number of hydrogen-bond acceptors (Lipinski definition) is 2. The predicted molar refractivity (Wildman–Crippen MR) is 116 cm³/mol. The Morgan fingerprint density at radius 2 is 1.44 bits per heavy atom. The molecule has 0 radical (unpaired) electrons. The van der Waals surface area contributed by atoms with Crippen LogP contribution in [0.4, 0.5) is 0 Å². The van der Waals surface area contributed by atoms with Gasteiger partial charge in [-0.25, -0.2) is 0 Å². The molecular formula is C25H40O2. The number of phenols is 1. The van der Waals surface area contributed by atoms with Gasteiger partial charge in [-0.05, 0) is 49.8 Å². The summed E-state index contributed by atoms with van der Waals surface area (Å²) >= 11 is 0. The van der Waals surface area contributed by atoms with Gasteiger partial charge in [-0.1, -0.05) is 82.6 Å². The van der Waals surface area contributed by atoms with E-state index in [2.05, 4.69) is 19.1 Å². The van der Waals surface area contributed by atoms with Crippen molar-refractivity contribution in [2.75, 3.05) is 0 Å². The van der Waals surface area contributed by atoms with Gasteiger partial charge in [-0.3, -0.25) is 4.79 Å². The minimum absolute atomic E-state index is 0.236. The van der Waals surface area contributed by atoms with Crippen LogP contribution in [0.5, 0.6) is 5.75 Å². The minimum atomic E-state index is 0.236. The van der Waals surface area contributed by atoms with Gasteiger partial charge in [-0.15, -0.1) is 0 Å². The molecule has 2 nitrogen and oxygen atoms in total. The number of allylic oxidation sites excluding steroid dienone is 2. The maximum absolute atomic E-state index is 12.0. The van der Waals surface area contributed by atoms with Crippen molar-refractivity contribution in [3.05, 3.63) is 42.0 Å². The van der Waals surface area contributed by atoms with Crippen LogP contribution in [0.15, 0.2) is 36.4 Å². The van der Waals surface area contributed by atoms with Crippen LogP contribution in [0.2, 0.25) is 0 Å². The highest BCUT2D eigenvalue weighted by Crippen LogP contribution is 2.14. The number of Topliss-reactive ketones (excluding diaryl/α,β-unsaturated/α-hetero) is 1. The first-order valence-corrected chi connectivity index (χ1v) is 11.2. The summed E-state index contributed by atoms with van der Waals surface area (Å²) in [7, 11) is 0.